The van der Waals surface area contributed by atoms with Crippen molar-refractivity contribution in [3.8, 4) is 45.7 Å². The van der Waals surface area contributed by atoms with E-state index in [0.29, 0.717) is 58.1 Å². The van der Waals surface area contributed by atoms with Crippen LogP contribution in [0.4, 0.5) is 13.6 Å². The fourth-order valence-electron chi connectivity index (χ4n) is 8.89. The van der Waals surface area contributed by atoms with Crippen molar-refractivity contribution in [2.24, 2.45) is 0 Å². The summed E-state index contributed by atoms with van der Waals surface area (Å²) in [6.45, 7) is 9.25. The zero-order valence-electron chi connectivity index (χ0n) is 42.2. The summed E-state index contributed by atoms with van der Waals surface area (Å²) in [5.41, 5.74) is 4.46. The molecule has 3 unspecified atom stereocenters. The highest BCUT2D eigenvalue weighted by Gasteiger charge is 2.30. The molecule has 402 valence electrons. The SMILES string of the molecule is CC(C)(C)OC(=O)N1CCCC(Oc2cncc(-c3nn(C4CCCCO4)c4ccc(Br)cc34)n2)C1.Fc1ncc(Cl)cc1-c1ccc2[nH]nc(-c3cncc(OC4CCCNC4)n3)c2c1.OB(O)c1cc(Cl)cnc1F. The number of piperidine rings is 2. The highest BCUT2D eigenvalue weighted by Crippen LogP contribution is 2.35. The third-order valence-electron chi connectivity index (χ3n) is 12.5. The fraction of sp³-hybridized carbons (Fsp3) is 0.365. The van der Waals surface area contributed by atoms with Crippen molar-refractivity contribution < 1.29 is 42.6 Å². The number of hydrogen-bond acceptors (Lipinski definition) is 16. The van der Waals surface area contributed by atoms with E-state index in [-0.39, 0.29) is 35.0 Å². The van der Waals surface area contributed by atoms with Crippen LogP contribution in [0.25, 0.3) is 55.7 Å². The van der Waals surface area contributed by atoms with E-state index in [2.05, 4.69) is 62.4 Å². The number of nitrogens with one attached hydrogen (secondary N) is 2. The number of amides is 1. The summed E-state index contributed by atoms with van der Waals surface area (Å²) in [6.07, 6.45) is 15.2. The molecule has 9 heterocycles. The van der Waals surface area contributed by atoms with Crippen LogP contribution >= 0.6 is 39.1 Å². The van der Waals surface area contributed by atoms with Gasteiger partial charge in [0, 0.05) is 58.4 Å². The Balaban J connectivity index is 0.000000159. The number of fused-ring (bicyclic) bond motifs is 2. The summed E-state index contributed by atoms with van der Waals surface area (Å²) in [4.78, 5) is 39.1. The Morgan fingerprint density at radius 3 is 2.22 bits per heavy atom. The lowest BCUT2D eigenvalue weighted by molar-refractivity contribution is -0.0365. The number of aromatic nitrogens is 10. The zero-order chi connectivity index (χ0) is 54.2. The second-order valence-corrected chi connectivity index (χ2v) is 21.2. The maximum atomic E-state index is 14.2. The summed E-state index contributed by atoms with van der Waals surface area (Å²) in [5, 5.41) is 35.0. The first kappa shape index (κ1) is 55.3. The Labute approximate surface area is 460 Å². The lowest BCUT2D eigenvalue weighted by Crippen LogP contribution is -2.46. The number of carbonyl (C=O) groups is 1. The molecule has 3 aliphatic rings. The van der Waals surface area contributed by atoms with Gasteiger partial charge in [0.1, 0.15) is 40.6 Å². The Hall–Kier alpha value is -6.47. The van der Waals surface area contributed by atoms with Crippen LogP contribution in [0.3, 0.4) is 0 Å². The van der Waals surface area contributed by atoms with E-state index in [0.717, 1.165) is 109 Å². The van der Waals surface area contributed by atoms with Gasteiger partial charge in [0.25, 0.3) is 0 Å². The molecule has 8 aromatic rings. The molecule has 19 nitrogen and oxygen atoms in total. The molecule has 6 aromatic heterocycles. The number of benzene rings is 2. The van der Waals surface area contributed by atoms with Gasteiger partial charge < -0.3 is 39.2 Å². The molecule has 25 heteroatoms. The van der Waals surface area contributed by atoms with Gasteiger partial charge in [-0.2, -0.15) is 19.0 Å². The van der Waals surface area contributed by atoms with Crippen molar-refractivity contribution in [1.82, 2.24) is 60.1 Å². The molecule has 0 bridgehead atoms. The number of nitrogens with zero attached hydrogens (tertiary/aromatic N) is 10. The second-order valence-electron chi connectivity index (χ2n) is 19.4. The molecule has 0 radical (unpaired) electrons. The van der Waals surface area contributed by atoms with Crippen LogP contribution in [0.5, 0.6) is 11.8 Å². The van der Waals surface area contributed by atoms with Gasteiger partial charge in [0.05, 0.1) is 52.4 Å². The first-order valence-corrected chi connectivity index (χ1v) is 26.5. The van der Waals surface area contributed by atoms with Crippen molar-refractivity contribution in [2.75, 3.05) is 32.8 Å². The van der Waals surface area contributed by atoms with E-state index in [1.165, 1.54) is 6.20 Å². The van der Waals surface area contributed by atoms with Crippen molar-refractivity contribution in [1.29, 1.82) is 0 Å². The number of pyridine rings is 2. The van der Waals surface area contributed by atoms with E-state index in [9.17, 15) is 13.6 Å². The van der Waals surface area contributed by atoms with Gasteiger partial charge in [-0.25, -0.2) is 29.4 Å². The summed E-state index contributed by atoms with van der Waals surface area (Å²) in [7, 11) is -1.87. The quantitative estimate of drug-likeness (QED) is 0.0779. The normalized spacial score (nSPS) is 17.7. The van der Waals surface area contributed by atoms with Gasteiger partial charge >= 0.3 is 13.2 Å². The monoisotopic (exact) mass is 1160 g/mol. The number of likely N-dealkylation sites (tertiary alicyclic amines) is 1. The maximum Gasteiger partial charge on any atom is 0.493 e. The van der Waals surface area contributed by atoms with E-state index >= 15 is 0 Å². The first-order chi connectivity index (χ1) is 37.0. The van der Waals surface area contributed by atoms with Gasteiger partial charge in [0.15, 0.2) is 6.23 Å². The number of ether oxygens (including phenoxy) is 4. The van der Waals surface area contributed by atoms with Crippen molar-refractivity contribution in [2.45, 2.75) is 89.8 Å². The van der Waals surface area contributed by atoms with Gasteiger partial charge in [-0.3, -0.25) is 15.1 Å². The van der Waals surface area contributed by atoms with Gasteiger partial charge in [0.2, 0.25) is 23.7 Å². The molecule has 3 atom stereocenters. The second kappa shape index (κ2) is 24.9. The predicted molar refractivity (Wildman–Crippen MR) is 290 cm³/mol. The van der Waals surface area contributed by atoms with Crippen LogP contribution in [0.15, 0.2) is 90.2 Å². The Kier molecular flexibility index (Phi) is 17.9. The average Bonchev–Trinajstić information content (AvgIpc) is 4.05. The van der Waals surface area contributed by atoms with Crippen molar-refractivity contribution in [3.05, 3.63) is 112 Å². The Morgan fingerprint density at radius 2 is 1.53 bits per heavy atom. The van der Waals surface area contributed by atoms with Crippen molar-refractivity contribution >= 4 is 79.6 Å². The molecule has 2 aromatic carbocycles. The van der Waals surface area contributed by atoms with Crippen molar-refractivity contribution in [3.63, 3.8) is 0 Å². The molecular formula is C52H54BBrCl2F2N12O7. The summed E-state index contributed by atoms with van der Waals surface area (Å²) in [5.74, 6) is -0.641. The van der Waals surface area contributed by atoms with Gasteiger partial charge in [-0.15, -0.1) is 0 Å². The molecule has 3 fully saturated rings. The summed E-state index contributed by atoms with van der Waals surface area (Å²) < 4.78 is 53.4. The zero-order valence-corrected chi connectivity index (χ0v) is 45.3. The number of carbonyl (C=O) groups excluding carboxylic acids is 1. The van der Waals surface area contributed by atoms with Crippen LogP contribution in [-0.4, -0.2) is 129 Å². The molecule has 3 aliphatic heterocycles. The number of rotatable bonds is 9. The summed E-state index contributed by atoms with van der Waals surface area (Å²) >= 11 is 15.0. The van der Waals surface area contributed by atoms with Gasteiger partial charge in [-0.05, 0) is 120 Å². The highest BCUT2D eigenvalue weighted by atomic mass is 79.9. The van der Waals surface area contributed by atoms with Crippen LogP contribution < -0.4 is 20.3 Å². The first-order valence-electron chi connectivity index (χ1n) is 25.0. The highest BCUT2D eigenvalue weighted by molar-refractivity contribution is 9.10. The van der Waals surface area contributed by atoms with Crippen LogP contribution in [0, 0.1) is 11.9 Å². The largest absolute Gasteiger partial charge is 0.493 e. The molecule has 1 amide bonds. The molecule has 0 aliphatic carbocycles. The van der Waals surface area contributed by atoms with Crippen LogP contribution in [0.1, 0.15) is 71.9 Å². The predicted octanol–water partition coefficient (Wildman–Crippen LogP) is 9.29. The number of aromatic amines is 1. The molecule has 0 saturated carbocycles. The number of halogens is 5. The molecule has 0 spiro atoms. The molecule has 77 heavy (non-hydrogen) atoms. The van der Waals surface area contributed by atoms with E-state index in [4.69, 9.17) is 62.3 Å². The third-order valence-corrected chi connectivity index (χ3v) is 13.4. The maximum absolute atomic E-state index is 14.2. The Bertz CT molecular complexity index is 3340. The Morgan fingerprint density at radius 1 is 0.818 bits per heavy atom. The minimum absolute atomic E-state index is 0.0733. The molecule has 11 rings (SSSR count). The lowest BCUT2D eigenvalue weighted by Gasteiger charge is -2.33. The van der Waals surface area contributed by atoms with E-state index < -0.39 is 24.6 Å². The third kappa shape index (κ3) is 14.2. The van der Waals surface area contributed by atoms with E-state index in [1.54, 1.807) is 41.8 Å². The number of H-pyrrole nitrogens is 1. The average molecular weight is 1160 g/mol. The fourth-order valence-corrected chi connectivity index (χ4v) is 9.57. The van der Waals surface area contributed by atoms with E-state index in [1.807, 2.05) is 49.7 Å². The molecule has 4 N–H and O–H groups in total. The number of hydrogen-bond donors (Lipinski definition) is 4. The van der Waals surface area contributed by atoms with Crippen LogP contribution in [0.2, 0.25) is 10.0 Å². The minimum atomic E-state index is -1.87. The summed E-state index contributed by atoms with van der Waals surface area (Å²) in [6, 6.07) is 14.2. The molecule has 3 saturated heterocycles. The molecular weight excluding hydrogens is 1100 g/mol. The van der Waals surface area contributed by atoms with Gasteiger partial charge in [-0.1, -0.05) is 45.2 Å². The smallest absolute Gasteiger partial charge is 0.472 e. The minimum Gasteiger partial charge on any atom is -0.472 e. The van der Waals surface area contributed by atoms with Crippen LogP contribution in [-0.2, 0) is 9.47 Å². The standard InChI is InChI=1S/C26H32BrN5O4.C21H18ClFN6O.C5H4BClFNO2/c1-26(2,3)36-25(33)31-11-6-7-18(16-31)35-22-15-28-14-20(29-22)24-19-13-17(27)9-10-21(19)32(30-24)23-8-4-5-12-34-23;22-13-7-15(21(23)26-8-13)12-3-4-17-16(6-12)20(29-28-17)18-10-25-11-19(27-18)30-14-2-1-5-24-9-14;7-3-1-4(6(10)11)5(8)9-2-3/h9-10,13-15,18,23H,4-8,11-12,16H2,1-3H3;3-4,6-8,10-11,14,24H,1-2,5,9H2,(H,28,29);1-2,10-11H. The topological polar surface area (TPSA) is 234 Å². The lowest BCUT2D eigenvalue weighted by atomic mass is 9.81.